The molecule has 1 atom stereocenters. The Morgan fingerprint density at radius 2 is 2.26 bits per heavy atom. The summed E-state index contributed by atoms with van der Waals surface area (Å²) in [5.74, 6) is -0.189. The normalized spacial score (nSPS) is 22.7. The van der Waals surface area contributed by atoms with E-state index in [0.717, 1.165) is 12.8 Å². The quantitative estimate of drug-likeness (QED) is 0.901. The van der Waals surface area contributed by atoms with Gasteiger partial charge in [-0.3, -0.25) is 0 Å². The fourth-order valence-electron chi connectivity index (χ4n) is 3.13. The lowest BCUT2D eigenvalue weighted by Gasteiger charge is -2.33. The first kappa shape index (κ1) is 16.2. The van der Waals surface area contributed by atoms with Crippen LogP contribution in [0, 0.1) is 5.82 Å². The minimum Gasteiger partial charge on any atom is -0.382 e. The van der Waals surface area contributed by atoms with Crippen LogP contribution >= 0.6 is 0 Å². The molecule has 2 fully saturated rings. The monoisotopic (exact) mass is 322 g/mol. The van der Waals surface area contributed by atoms with Gasteiger partial charge in [0.05, 0.1) is 25.9 Å². The first-order chi connectivity index (χ1) is 11.1. The third-order valence-corrected chi connectivity index (χ3v) is 4.66. The lowest BCUT2D eigenvalue weighted by Crippen LogP contribution is -2.51. The number of carbonyl (C=O) groups is 1. The molecule has 1 aliphatic carbocycles. The number of benzene rings is 1. The van der Waals surface area contributed by atoms with Gasteiger partial charge in [-0.25, -0.2) is 9.18 Å². The van der Waals surface area contributed by atoms with Gasteiger partial charge in [0, 0.05) is 25.6 Å². The van der Waals surface area contributed by atoms with Crippen LogP contribution in [0.1, 0.15) is 18.4 Å². The number of hydrogen-bond acceptors (Lipinski definition) is 3. The van der Waals surface area contributed by atoms with E-state index in [2.05, 4.69) is 5.32 Å². The van der Waals surface area contributed by atoms with E-state index in [9.17, 15) is 9.18 Å². The van der Waals surface area contributed by atoms with E-state index in [1.54, 1.807) is 18.1 Å². The molecule has 126 valence electrons. The Morgan fingerprint density at radius 1 is 1.48 bits per heavy atom. The maximum Gasteiger partial charge on any atom is 0.317 e. The number of urea groups is 1. The van der Waals surface area contributed by atoms with Crippen LogP contribution < -0.4 is 5.32 Å². The second-order valence-corrected chi connectivity index (χ2v) is 6.31. The summed E-state index contributed by atoms with van der Waals surface area (Å²) in [4.78, 5) is 14.1. The van der Waals surface area contributed by atoms with Crippen molar-refractivity contribution in [1.82, 2.24) is 10.2 Å². The number of nitrogens with zero attached hydrogens (tertiary/aromatic N) is 1. The molecule has 1 aliphatic heterocycles. The molecule has 1 aromatic carbocycles. The Kier molecular flexibility index (Phi) is 4.82. The molecule has 0 unspecified atom stereocenters. The third kappa shape index (κ3) is 3.64. The highest BCUT2D eigenvalue weighted by Crippen LogP contribution is 2.48. The van der Waals surface area contributed by atoms with Crippen molar-refractivity contribution in [2.45, 2.75) is 24.4 Å². The molecule has 1 saturated carbocycles. The van der Waals surface area contributed by atoms with Crippen LogP contribution in [0.3, 0.4) is 0 Å². The summed E-state index contributed by atoms with van der Waals surface area (Å²) in [7, 11) is 1.62. The zero-order valence-corrected chi connectivity index (χ0v) is 13.4. The SMILES string of the molecule is COC[C@@H]1CN(C(=O)NCC2(c3ccccc3F)CC2)CCO1. The van der Waals surface area contributed by atoms with Gasteiger partial charge < -0.3 is 19.7 Å². The number of amides is 2. The molecule has 0 aromatic heterocycles. The van der Waals surface area contributed by atoms with Crippen molar-refractivity contribution in [3.63, 3.8) is 0 Å². The van der Waals surface area contributed by atoms with Crippen LogP contribution in [-0.4, -0.2) is 57.0 Å². The Bertz CT molecular complexity index is 561. The van der Waals surface area contributed by atoms with E-state index < -0.39 is 0 Å². The standard InChI is InChI=1S/C17H23FN2O3/c1-22-11-13-10-20(8-9-23-13)16(21)19-12-17(6-7-17)14-4-2-3-5-15(14)18/h2-5,13H,6-12H2,1H3,(H,19,21)/t13-/m0/s1. The fourth-order valence-corrected chi connectivity index (χ4v) is 3.13. The first-order valence-electron chi connectivity index (χ1n) is 8.03. The summed E-state index contributed by atoms with van der Waals surface area (Å²) >= 11 is 0. The molecule has 2 amide bonds. The number of rotatable bonds is 5. The van der Waals surface area contributed by atoms with E-state index >= 15 is 0 Å². The van der Waals surface area contributed by atoms with Gasteiger partial charge in [0.2, 0.25) is 0 Å². The number of hydrogen-bond donors (Lipinski definition) is 1. The van der Waals surface area contributed by atoms with Gasteiger partial charge in [-0.05, 0) is 24.5 Å². The first-order valence-corrected chi connectivity index (χ1v) is 8.03. The van der Waals surface area contributed by atoms with Crippen LogP contribution in [0.2, 0.25) is 0 Å². The van der Waals surface area contributed by atoms with Gasteiger partial charge in [0.25, 0.3) is 0 Å². The van der Waals surface area contributed by atoms with Crippen LogP contribution in [0.15, 0.2) is 24.3 Å². The predicted octanol–water partition coefficient (Wildman–Crippen LogP) is 1.91. The molecule has 1 N–H and O–H groups in total. The minimum absolute atomic E-state index is 0.0825. The van der Waals surface area contributed by atoms with Crippen molar-refractivity contribution < 1.29 is 18.7 Å². The molecule has 0 spiro atoms. The minimum atomic E-state index is -0.237. The van der Waals surface area contributed by atoms with E-state index in [1.165, 1.54) is 6.07 Å². The molecule has 2 aliphatic rings. The largest absolute Gasteiger partial charge is 0.382 e. The number of carbonyl (C=O) groups excluding carboxylic acids is 1. The smallest absolute Gasteiger partial charge is 0.317 e. The van der Waals surface area contributed by atoms with E-state index in [4.69, 9.17) is 9.47 Å². The van der Waals surface area contributed by atoms with Crippen molar-refractivity contribution in [2.75, 3.05) is 40.0 Å². The van der Waals surface area contributed by atoms with E-state index in [1.807, 2.05) is 12.1 Å². The van der Waals surface area contributed by atoms with Gasteiger partial charge in [-0.1, -0.05) is 18.2 Å². The van der Waals surface area contributed by atoms with E-state index in [0.29, 0.717) is 38.4 Å². The fraction of sp³-hybridized carbons (Fsp3) is 0.588. The van der Waals surface area contributed by atoms with Gasteiger partial charge in [-0.2, -0.15) is 0 Å². The molecule has 23 heavy (non-hydrogen) atoms. The Balaban J connectivity index is 1.56. The maximum atomic E-state index is 14.0. The van der Waals surface area contributed by atoms with Gasteiger partial charge in [0.1, 0.15) is 5.82 Å². The van der Waals surface area contributed by atoms with Crippen molar-refractivity contribution in [3.8, 4) is 0 Å². The van der Waals surface area contributed by atoms with Crippen molar-refractivity contribution in [3.05, 3.63) is 35.6 Å². The molecule has 0 radical (unpaired) electrons. The molecule has 1 saturated heterocycles. The molecule has 3 rings (SSSR count). The van der Waals surface area contributed by atoms with Crippen LogP contribution in [-0.2, 0) is 14.9 Å². The molecular formula is C17H23FN2O3. The Hall–Kier alpha value is -1.66. The molecule has 1 heterocycles. The summed E-state index contributed by atoms with van der Waals surface area (Å²) < 4.78 is 24.6. The average molecular weight is 322 g/mol. The van der Waals surface area contributed by atoms with Gasteiger partial charge in [-0.15, -0.1) is 0 Å². The molecule has 0 bridgehead atoms. The summed E-state index contributed by atoms with van der Waals surface area (Å²) in [6, 6.07) is 6.72. The zero-order chi connectivity index (χ0) is 16.3. The predicted molar refractivity (Wildman–Crippen MR) is 83.9 cm³/mol. The topological polar surface area (TPSA) is 50.8 Å². The Morgan fingerprint density at radius 3 is 2.96 bits per heavy atom. The number of morpholine rings is 1. The highest BCUT2D eigenvalue weighted by atomic mass is 19.1. The number of ether oxygens (including phenoxy) is 2. The number of methoxy groups -OCH3 is 1. The Labute approximate surface area is 135 Å². The summed E-state index contributed by atoms with van der Waals surface area (Å²) in [6.07, 6.45) is 1.73. The number of halogens is 1. The highest BCUT2D eigenvalue weighted by Gasteiger charge is 2.46. The second kappa shape index (κ2) is 6.84. The number of nitrogens with one attached hydrogen (secondary N) is 1. The third-order valence-electron chi connectivity index (χ3n) is 4.66. The molecule has 1 aromatic rings. The molecule has 6 heteroatoms. The van der Waals surface area contributed by atoms with E-state index in [-0.39, 0.29) is 23.4 Å². The average Bonchev–Trinajstić information content (AvgIpc) is 3.35. The van der Waals surface area contributed by atoms with Crippen molar-refractivity contribution in [1.29, 1.82) is 0 Å². The van der Waals surface area contributed by atoms with Crippen LogP contribution in [0.5, 0.6) is 0 Å². The van der Waals surface area contributed by atoms with Crippen LogP contribution in [0.4, 0.5) is 9.18 Å². The maximum absolute atomic E-state index is 14.0. The second-order valence-electron chi connectivity index (χ2n) is 6.31. The summed E-state index contributed by atoms with van der Waals surface area (Å²) in [5.41, 5.74) is 0.471. The van der Waals surface area contributed by atoms with Gasteiger partial charge >= 0.3 is 6.03 Å². The highest BCUT2D eigenvalue weighted by molar-refractivity contribution is 5.74. The van der Waals surface area contributed by atoms with Crippen molar-refractivity contribution >= 4 is 6.03 Å². The summed E-state index contributed by atoms with van der Waals surface area (Å²) in [6.45, 7) is 2.55. The lowest BCUT2D eigenvalue weighted by molar-refractivity contribution is -0.0494. The zero-order valence-electron chi connectivity index (χ0n) is 13.4. The molecular weight excluding hydrogens is 299 g/mol. The molecule has 5 nitrogen and oxygen atoms in total. The summed E-state index contributed by atoms with van der Waals surface area (Å²) in [5, 5.41) is 2.97. The van der Waals surface area contributed by atoms with Crippen molar-refractivity contribution in [2.24, 2.45) is 0 Å². The van der Waals surface area contributed by atoms with Crippen LogP contribution in [0.25, 0.3) is 0 Å². The van der Waals surface area contributed by atoms with Gasteiger partial charge in [0.15, 0.2) is 0 Å². The lowest BCUT2D eigenvalue weighted by atomic mass is 9.95.